The van der Waals surface area contributed by atoms with Crippen molar-refractivity contribution in [1.82, 2.24) is 5.32 Å². The van der Waals surface area contributed by atoms with E-state index in [1.165, 1.54) is 5.56 Å². The highest BCUT2D eigenvalue weighted by Crippen LogP contribution is 2.19. The van der Waals surface area contributed by atoms with Crippen molar-refractivity contribution in [2.45, 2.75) is 38.0 Å². The SMILES string of the molecule is O[C@H]1CCC[C@@H]1NCc1cccc(Br)c1. The topological polar surface area (TPSA) is 32.3 Å². The van der Waals surface area contributed by atoms with Crippen molar-refractivity contribution in [3.8, 4) is 0 Å². The maximum Gasteiger partial charge on any atom is 0.0693 e. The molecule has 2 rings (SSSR count). The second-order valence-corrected chi connectivity index (χ2v) is 5.03. The quantitative estimate of drug-likeness (QED) is 0.884. The summed E-state index contributed by atoms with van der Waals surface area (Å²) in [5.74, 6) is 0. The van der Waals surface area contributed by atoms with Crippen molar-refractivity contribution in [2.75, 3.05) is 0 Å². The third-order valence-corrected chi connectivity index (χ3v) is 3.43. The van der Waals surface area contributed by atoms with Crippen molar-refractivity contribution >= 4 is 15.9 Å². The number of nitrogens with one attached hydrogen (secondary N) is 1. The lowest BCUT2D eigenvalue weighted by Crippen LogP contribution is -2.34. The first kappa shape index (κ1) is 11.1. The van der Waals surface area contributed by atoms with E-state index in [0.29, 0.717) is 0 Å². The molecule has 82 valence electrons. The van der Waals surface area contributed by atoms with Gasteiger partial charge in [-0.15, -0.1) is 0 Å². The van der Waals surface area contributed by atoms with Crippen LogP contribution in [0.1, 0.15) is 24.8 Å². The molecule has 0 aliphatic heterocycles. The summed E-state index contributed by atoms with van der Waals surface area (Å²) in [5, 5.41) is 13.1. The van der Waals surface area contributed by atoms with Crippen LogP contribution in [0.3, 0.4) is 0 Å². The summed E-state index contributed by atoms with van der Waals surface area (Å²) >= 11 is 3.45. The van der Waals surface area contributed by atoms with E-state index in [2.05, 4.69) is 33.4 Å². The van der Waals surface area contributed by atoms with Crippen LogP contribution in [-0.4, -0.2) is 17.3 Å². The third-order valence-electron chi connectivity index (χ3n) is 2.94. The number of hydrogen-bond acceptors (Lipinski definition) is 2. The van der Waals surface area contributed by atoms with Crippen LogP contribution in [0.2, 0.25) is 0 Å². The van der Waals surface area contributed by atoms with Gasteiger partial charge < -0.3 is 10.4 Å². The lowest BCUT2D eigenvalue weighted by molar-refractivity contribution is 0.148. The smallest absolute Gasteiger partial charge is 0.0693 e. The van der Waals surface area contributed by atoms with Gasteiger partial charge in [-0.1, -0.05) is 28.1 Å². The lowest BCUT2D eigenvalue weighted by Gasteiger charge is -2.16. The Morgan fingerprint density at radius 1 is 1.40 bits per heavy atom. The molecule has 2 N–H and O–H groups in total. The molecule has 3 heteroatoms. The van der Waals surface area contributed by atoms with Crippen molar-refractivity contribution < 1.29 is 5.11 Å². The fourth-order valence-electron chi connectivity index (χ4n) is 2.07. The molecule has 0 radical (unpaired) electrons. The molecule has 0 aromatic heterocycles. The van der Waals surface area contributed by atoms with E-state index in [1.54, 1.807) is 0 Å². The van der Waals surface area contributed by atoms with Crippen LogP contribution in [0.4, 0.5) is 0 Å². The highest BCUT2D eigenvalue weighted by molar-refractivity contribution is 9.10. The van der Waals surface area contributed by atoms with Crippen LogP contribution >= 0.6 is 15.9 Å². The van der Waals surface area contributed by atoms with Gasteiger partial charge in [-0.25, -0.2) is 0 Å². The predicted octanol–water partition coefficient (Wildman–Crippen LogP) is 2.45. The Bertz CT molecular complexity index is 329. The van der Waals surface area contributed by atoms with E-state index in [9.17, 15) is 5.11 Å². The minimum absolute atomic E-state index is 0.155. The van der Waals surface area contributed by atoms with Gasteiger partial charge in [-0.2, -0.15) is 0 Å². The van der Waals surface area contributed by atoms with Crippen molar-refractivity contribution in [2.24, 2.45) is 0 Å². The first-order valence-corrected chi connectivity index (χ1v) is 6.21. The number of halogens is 1. The highest BCUT2D eigenvalue weighted by Gasteiger charge is 2.24. The van der Waals surface area contributed by atoms with E-state index < -0.39 is 0 Å². The van der Waals surface area contributed by atoms with Gasteiger partial charge in [-0.3, -0.25) is 0 Å². The van der Waals surface area contributed by atoms with E-state index in [-0.39, 0.29) is 12.1 Å². The first-order chi connectivity index (χ1) is 7.25. The largest absolute Gasteiger partial charge is 0.392 e. The molecule has 1 fully saturated rings. The van der Waals surface area contributed by atoms with Gasteiger partial charge in [-0.05, 0) is 37.0 Å². The maximum atomic E-state index is 9.65. The van der Waals surface area contributed by atoms with E-state index in [0.717, 1.165) is 30.3 Å². The molecule has 1 aliphatic carbocycles. The molecule has 0 bridgehead atoms. The number of rotatable bonds is 3. The number of aliphatic hydroxyl groups excluding tert-OH is 1. The number of aliphatic hydroxyl groups is 1. The van der Waals surface area contributed by atoms with Crippen LogP contribution in [0, 0.1) is 0 Å². The molecule has 1 aromatic carbocycles. The third kappa shape index (κ3) is 3.03. The maximum absolute atomic E-state index is 9.65. The van der Waals surface area contributed by atoms with E-state index in [4.69, 9.17) is 0 Å². The number of benzene rings is 1. The molecule has 0 amide bonds. The molecule has 0 heterocycles. The average Bonchev–Trinajstić information content (AvgIpc) is 2.61. The van der Waals surface area contributed by atoms with Crippen molar-refractivity contribution in [3.63, 3.8) is 0 Å². The molecule has 1 saturated carbocycles. The van der Waals surface area contributed by atoms with Crippen LogP contribution < -0.4 is 5.32 Å². The molecular weight excluding hydrogens is 254 g/mol. The van der Waals surface area contributed by atoms with E-state index >= 15 is 0 Å². The Morgan fingerprint density at radius 3 is 2.93 bits per heavy atom. The second kappa shape index (κ2) is 5.10. The zero-order valence-electron chi connectivity index (χ0n) is 8.62. The molecule has 1 aromatic rings. The molecule has 0 spiro atoms. The zero-order valence-corrected chi connectivity index (χ0v) is 10.2. The molecule has 2 nitrogen and oxygen atoms in total. The Morgan fingerprint density at radius 2 is 2.27 bits per heavy atom. The van der Waals surface area contributed by atoms with Gasteiger partial charge in [0.15, 0.2) is 0 Å². The summed E-state index contributed by atoms with van der Waals surface area (Å²) < 4.78 is 1.11. The second-order valence-electron chi connectivity index (χ2n) is 4.12. The van der Waals surface area contributed by atoms with Crippen LogP contribution in [-0.2, 0) is 6.54 Å². The first-order valence-electron chi connectivity index (χ1n) is 5.41. The Kier molecular flexibility index (Phi) is 3.78. The Balaban J connectivity index is 1.87. The lowest BCUT2D eigenvalue weighted by atomic mass is 10.2. The molecule has 0 saturated heterocycles. The fourth-order valence-corrected chi connectivity index (χ4v) is 2.52. The van der Waals surface area contributed by atoms with Gasteiger partial charge in [0.2, 0.25) is 0 Å². The average molecular weight is 270 g/mol. The monoisotopic (exact) mass is 269 g/mol. The summed E-state index contributed by atoms with van der Waals surface area (Å²) in [6.07, 6.45) is 3.01. The zero-order chi connectivity index (χ0) is 10.7. The van der Waals surface area contributed by atoms with Crippen LogP contribution in [0.25, 0.3) is 0 Å². The molecule has 2 atom stereocenters. The molecular formula is C12H16BrNO. The number of hydrogen-bond donors (Lipinski definition) is 2. The van der Waals surface area contributed by atoms with Gasteiger partial charge in [0.25, 0.3) is 0 Å². The van der Waals surface area contributed by atoms with Crippen molar-refractivity contribution in [1.29, 1.82) is 0 Å². The standard InChI is InChI=1S/C12H16BrNO/c13-10-4-1-3-9(7-10)8-14-11-5-2-6-12(11)15/h1,3-4,7,11-12,14-15H,2,5-6,8H2/t11-,12-/m0/s1. The van der Waals surface area contributed by atoms with Gasteiger partial charge in [0.05, 0.1) is 6.10 Å². The van der Waals surface area contributed by atoms with Gasteiger partial charge >= 0.3 is 0 Å². The minimum atomic E-state index is -0.155. The van der Waals surface area contributed by atoms with Crippen LogP contribution in [0.5, 0.6) is 0 Å². The summed E-state index contributed by atoms with van der Waals surface area (Å²) in [7, 11) is 0. The molecule has 15 heavy (non-hydrogen) atoms. The molecule has 0 unspecified atom stereocenters. The van der Waals surface area contributed by atoms with E-state index in [1.807, 2.05) is 12.1 Å². The highest BCUT2D eigenvalue weighted by atomic mass is 79.9. The van der Waals surface area contributed by atoms with Crippen molar-refractivity contribution in [3.05, 3.63) is 34.3 Å². The van der Waals surface area contributed by atoms with Crippen LogP contribution in [0.15, 0.2) is 28.7 Å². The normalized spacial score (nSPS) is 25.7. The minimum Gasteiger partial charge on any atom is -0.392 e. The predicted molar refractivity (Wildman–Crippen MR) is 64.6 cm³/mol. The molecule has 1 aliphatic rings. The summed E-state index contributed by atoms with van der Waals surface area (Å²) in [4.78, 5) is 0. The fraction of sp³-hybridized carbons (Fsp3) is 0.500. The summed E-state index contributed by atoms with van der Waals surface area (Å²) in [6, 6.07) is 8.54. The van der Waals surface area contributed by atoms with Gasteiger partial charge in [0.1, 0.15) is 0 Å². The van der Waals surface area contributed by atoms with Gasteiger partial charge in [0, 0.05) is 17.1 Å². The Hall–Kier alpha value is -0.380. The summed E-state index contributed by atoms with van der Waals surface area (Å²) in [5.41, 5.74) is 1.25. The summed E-state index contributed by atoms with van der Waals surface area (Å²) in [6.45, 7) is 0.834. The Labute approximate surface area is 98.8 Å².